The van der Waals surface area contributed by atoms with Gasteiger partial charge in [-0.15, -0.1) is 0 Å². The van der Waals surface area contributed by atoms with Crippen LogP contribution in [0.5, 0.6) is 0 Å². The fourth-order valence-electron chi connectivity index (χ4n) is 11.5. The first-order valence-corrected chi connectivity index (χ1v) is 39.9. The second kappa shape index (κ2) is 38.9. The average molecular weight is 1660 g/mol. The molecule has 38 nitrogen and oxygen atoms in total. The van der Waals surface area contributed by atoms with Crippen molar-refractivity contribution in [2.45, 2.75) is 40.3 Å². The highest BCUT2D eigenvalue weighted by molar-refractivity contribution is 7.91. The Bertz CT molecular complexity index is 5500. The smallest absolute Gasteiger partial charge is 0.365 e. The first kappa shape index (κ1) is 85.7. The average Bonchev–Trinajstić information content (AvgIpc) is 1.65. The highest BCUT2D eigenvalue weighted by Crippen LogP contribution is 2.33. The van der Waals surface area contributed by atoms with Gasteiger partial charge in [0.05, 0.1) is 63.1 Å². The minimum atomic E-state index is -3.49. The minimum Gasteiger partial charge on any atom is -0.384 e. The number of hydrogen-bond donors (Lipinski definition) is 8. The Hall–Kier alpha value is -11.7. The predicted octanol–water partition coefficient (Wildman–Crippen LogP) is 7.51. The lowest BCUT2D eigenvalue weighted by Crippen LogP contribution is -2.52. The molecule has 0 atom stereocenters. The van der Waals surface area contributed by atoms with Crippen molar-refractivity contribution in [3.05, 3.63) is 203 Å². The molecule has 14 heterocycles. The molecule has 2 aromatic carbocycles. The van der Waals surface area contributed by atoms with Crippen LogP contribution in [0.25, 0.3) is 22.1 Å². The molecule has 610 valence electrons. The van der Waals surface area contributed by atoms with Crippen LogP contribution in [0.3, 0.4) is 0 Å². The molecule has 0 saturated carbocycles. The number of rotatable bonds is 19. The van der Waals surface area contributed by atoms with Crippen LogP contribution in [0.1, 0.15) is 0 Å². The molecule has 5 fully saturated rings. The number of hydrogen-bond acceptors (Lipinski definition) is 32. The van der Waals surface area contributed by atoms with E-state index in [2.05, 4.69) is 81.1 Å². The molecule has 0 bridgehead atoms. The van der Waals surface area contributed by atoms with E-state index in [0.717, 1.165) is 95.4 Å². The van der Waals surface area contributed by atoms with Crippen LogP contribution in [0.2, 0.25) is 10.3 Å². The molecule has 0 spiro atoms. The number of nitrogens with zero attached hydrogens (tertiary/aromatic N) is 15. The van der Waals surface area contributed by atoms with Gasteiger partial charge in [0.25, 0.3) is 11.1 Å². The van der Waals surface area contributed by atoms with E-state index in [1.165, 1.54) is 51.8 Å². The van der Waals surface area contributed by atoms with Crippen molar-refractivity contribution in [1.82, 2.24) is 59.8 Å². The van der Waals surface area contributed by atoms with Crippen LogP contribution >= 0.6 is 23.2 Å². The molecule has 10 N–H and O–H groups in total. The second-order valence-corrected chi connectivity index (χ2v) is 31.1. The Balaban J connectivity index is 0.000000152. The van der Waals surface area contributed by atoms with Gasteiger partial charge in [-0.05, 0) is 110 Å². The molecule has 11 aromatic rings. The molecular formula is C73H87Cl2N23O15S2. The summed E-state index contributed by atoms with van der Waals surface area (Å²) in [5, 5.41) is 39.6. The van der Waals surface area contributed by atoms with Gasteiger partial charge >= 0.3 is 11.6 Å². The molecule has 0 radical (unpaired) electrons. The van der Waals surface area contributed by atoms with Crippen molar-refractivity contribution < 1.29 is 50.4 Å². The van der Waals surface area contributed by atoms with Crippen molar-refractivity contribution in [2.24, 2.45) is 14.1 Å². The molecule has 5 aliphatic rings. The summed E-state index contributed by atoms with van der Waals surface area (Å²) in [5.74, 6) is 5.13. The molecule has 115 heavy (non-hydrogen) atoms. The van der Waals surface area contributed by atoms with E-state index in [9.17, 15) is 46.7 Å². The van der Waals surface area contributed by atoms with E-state index < -0.39 is 29.5 Å². The number of para-hydroxylation sites is 2. The number of benzene rings is 2. The van der Waals surface area contributed by atoms with Gasteiger partial charge in [-0.25, -0.2) is 41.8 Å². The number of nitrogens with two attached hydrogens (primary N) is 2. The van der Waals surface area contributed by atoms with Gasteiger partial charge in [-0.2, -0.15) is 0 Å². The van der Waals surface area contributed by atoms with Gasteiger partial charge in [-0.3, -0.25) is 29.2 Å². The summed E-state index contributed by atoms with van der Waals surface area (Å²) in [5.41, 5.74) is 12.8. The van der Waals surface area contributed by atoms with Gasteiger partial charge < -0.3 is 96.2 Å². The number of sulfone groups is 2. The number of halogens is 2. The van der Waals surface area contributed by atoms with E-state index >= 15 is 0 Å². The molecule has 16 rings (SSSR count). The van der Waals surface area contributed by atoms with Crippen molar-refractivity contribution in [3.8, 4) is 0 Å². The number of ether oxygens (including phenoxy) is 5. The van der Waals surface area contributed by atoms with Gasteiger partial charge in [0.1, 0.15) is 56.7 Å². The highest BCUT2D eigenvalue weighted by atomic mass is 35.5. The van der Waals surface area contributed by atoms with Gasteiger partial charge in [0.2, 0.25) is 11.0 Å². The number of H-pyrrole nitrogens is 2. The summed E-state index contributed by atoms with van der Waals surface area (Å²) >= 11 is 11.4. The molecule has 5 aliphatic heterocycles. The van der Waals surface area contributed by atoms with Gasteiger partial charge in [0, 0.05) is 158 Å². The van der Waals surface area contributed by atoms with Crippen LogP contribution in [0.4, 0.5) is 80.9 Å². The third-order valence-electron chi connectivity index (χ3n) is 18.1. The zero-order chi connectivity index (χ0) is 82.8. The Morgan fingerprint density at radius 3 is 1.18 bits per heavy atom. The summed E-state index contributed by atoms with van der Waals surface area (Å²) in [6.45, 7) is 8.74. The molecule has 0 amide bonds. The number of nitrogen functional groups attached to an aromatic ring is 2. The van der Waals surface area contributed by atoms with Gasteiger partial charge in [0.15, 0.2) is 31.0 Å². The maximum atomic E-state index is 12.8. The summed E-state index contributed by atoms with van der Waals surface area (Å²) in [6, 6.07) is 42.1. The van der Waals surface area contributed by atoms with Gasteiger partial charge in [-0.1, -0.05) is 54.1 Å². The fourth-order valence-corrected chi connectivity index (χ4v) is 13.5. The number of fused-ring (bicyclic) bond motifs is 2. The van der Waals surface area contributed by atoms with Crippen molar-refractivity contribution in [2.75, 3.05) is 161 Å². The largest absolute Gasteiger partial charge is 0.384 e. The number of methoxy groups -OCH3 is 5. The van der Waals surface area contributed by atoms with Crippen LogP contribution in [-0.2, 0) is 57.5 Å². The monoisotopic (exact) mass is 1660 g/mol. The summed E-state index contributed by atoms with van der Waals surface area (Å²) < 4.78 is 76.7. The number of anilines is 12. The van der Waals surface area contributed by atoms with Crippen molar-refractivity contribution in [3.63, 3.8) is 0 Å². The number of pyridine rings is 7. The normalized spacial score (nSPS) is 14.7. The minimum absolute atomic E-state index is 0.117. The third-order valence-corrected chi connectivity index (χ3v) is 20.8. The predicted molar refractivity (Wildman–Crippen MR) is 441 cm³/mol. The molecule has 5 saturated heterocycles. The van der Waals surface area contributed by atoms with Crippen LogP contribution < -0.4 is 63.5 Å². The summed E-state index contributed by atoms with van der Waals surface area (Å²) in [6.07, 6.45) is 3.89. The Labute approximate surface area is 670 Å². The first-order chi connectivity index (χ1) is 54.9. The zero-order valence-corrected chi connectivity index (χ0v) is 67.1. The van der Waals surface area contributed by atoms with Crippen LogP contribution in [-0.4, -0.2) is 225 Å². The lowest BCUT2D eigenvalue weighted by atomic mass is 10.1. The SMILES string of the molecule is COC1CN(c2cccc(N)n2)C1.COC1CN(c2cccc(N)n2)C1.COC1CN(c2cccc(Nc3cc(Nc4ccccc4S(C)(=O)=O)c4c(=O)n(C)[nH]c4n3)n2)C1.COC1CN(c2cccc([N+](=O)[O-])n2)C1.COC1CNC1.Cn1[nH]c2nc(Cl)cc(Nc3ccccc3S(C)(=O)=O)c2c1=O.O=[N+]([O-])c1cccc(Cl)n1. The Morgan fingerprint density at radius 2 is 0.809 bits per heavy atom. The zero-order valence-electron chi connectivity index (χ0n) is 64.0. The topological polar surface area (TPSA) is 480 Å². The van der Waals surface area contributed by atoms with E-state index in [4.69, 9.17) is 58.4 Å². The lowest BCUT2D eigenvalue weighted by molar-refractivity contribution is -0.389. The van der Waals surface area contributed by atoms with E-state index in [0.29, 0.717) is 92.2 Å². The standard InChI is InChI=1S/C23H25N7O4S.C14H13ClN4O3S.C9H11N3O3.2C9H13N3O.C5H3ClN2O2.C4H9NO/c1-29-23(31)21-16(24-15-7-4-5-8-17(15)35(3,32)33)11-19(27-22(21)28-29)25-18-9-6-10-20(26-18)30-12-14(13-30)34-2;1-19-14(20)12-9(7-11(15)17-13(12)18-19)16-8-5-3-4-6-10(8)23(2,21)22;1-15-7-5-11(6-7)8-3-2-4-9(10-8)12(13)14;2*1-13-7-5-12(6-7)9-4-2-3-8(10)11-9;6-4-2-1-3-5(7-4)8(9)10;1-6-4-2-5-3-4/h4-11,14H,12-13H2,1-3H3,(H3,24,25,26,27,28);3-7H,1-2H3,(H2,16,17,18);2-4,7H,5-6H2,1H3;2*2-4,7H,5-6H2,1H3,(H2,10,11);1-3H;4-5H,2-3H2,1H3. The highest BCUT2D eigenvalue weighted by Gasteiger charge is 2.32. The second-order valence-electron chi connectivity index (χ2n) is 26.3. The molecule has 42 heteroatoms. The first-order valence-electron chi connectivity index (χ1n) is 35.3. The van der Waals surface area contributed by atoms with E-state index in [-0.39, 0.29) is 55.1 Å². The van der Waals surface area contributed by atoms with Crippen LogP contribution in [0, 0.1) is 20.2 Å². The van der Waals surface area contributed by atoms with Crippen LogP contribution in [0.15, 0.2) is 171 Å². The van der Waals surface area contributed by atoms with Crippen molar-refractivity contribution >= 4 is 146 Å². The molecule has 0 unspecified atom stereocenters. The fraction of sp³-hybridized carbons (Fsp3) is 0.329. The third kappa shape index (κ3) is 22.8. The number of aromatic amines is 2. The summed E-state index contributed by atoms with van der Waals surface area (Å²) in [4.78, 5) is 82.1. The molecule has 0 aliphatic carbocycles. The Morgan fingerprint density at radius 1 is 0.435 bits per heavy atom. The number of aryl methyl sites for hydroxylation is 2. The quantitative estimate of drug-likeness (QED) is 0.0220. The number of nitrogens with one attached hydrogen (secondary N) is 6. The van der Waals surface area contributed by atoms with Crippen molar-refractivity contribution in [1.29, 1.82) is 0 Å². The molecule has 9 aromatic heterocycles. The maximum absolute atomic E-state index is 12.8. The summed E-state index contributed by atoms with van der Waals surface area (Å²) in [7, 11) is 4.79. The van der Waals surface area contributed by atoms with E-state index in [1.54, 1.807) is 116 Å². The van der Waals surface area contributed by atoms with E-state index in [1.807, 2.05) is 47.4 Å². The maximum Gasteiger partial charge on any atom is 0.365 e. The number of aromatic nitrogens is 11. The Kier molecular flexibility index (Phi) is 29.0. The molecular weight excluding hydrogens is 1570 g/mol. The number of nitro groups is 2. The lowest BCUT2D eigenvalue weighted by Gasteiger charge is -2.39.